The fraction of sp³-hybridized carbons (Fsp3) is 0.0588. The van der Waals surface area contributed by atoms with E-state index in [1.54, 1.807) is 0 Å². The summed E-state index contributed by atoms with van der Waals surface area (Å²) < 4.78 is 2.62. The third kappa shape index (κ3) is 4.56. The van der Waals surface area contributed by atoms with Crippen LogP contribution in [0.25, 0.3) is 74.7 Å². The lowest BCUT2D eigenvalue weighted by atomic mass is 9.82. The first kappa shape index (κ1) is 30.4. The van der Waals surface area contributed by atoms with E-state index in [0.29, 0.717) is 0 Å². The van der Waals surface area contributed by atoms with Crippen molar-refractivity contribution in [2.75, 3.05) is 4.90 Å². The van der Waals surface area contributed by atoms with Crippen LogP contribution >= 0.6 is 11.3 Å². The highest BCUT2D eigenvalue weighted by Gasteiger charge is 2.35. The van der Waals surface area contributed by atoms with E-state index in [9.17, 15) is 0 Å². The first-order chi connectivity index (χ1) is 26.0. The first-order valence-corrected chi connectivity index (χ1v) is 19.2. The third-order valence-electron chi connectivity index (χ3n) is 11.6. The average molecular weight is 694 g/mol. The van der Waals surface area contributed by atoms with E-state index >= 15 is 0 Å². The van der Waals surface area contributed by atoms with Gasteiger partial charge in [-0.3, -0.25) is 0 Å². The highest BCUT2D eigenvalue weighted by Crippen LogP contribution is 2.51. The highest BCUT2D eigenvalue weighted by atomic mass is 32.1. The topological polar surface area (TPSA) is 3.24 Å². The SMILES string of the molecule is CC1(C)c2ccccc2-c2ccc(N(c3ccc(-c4cc5ccccc5c5ccc6ccccc6c45)cc3)c3ccc4c(c3)sc3ccccc34)cc21. The van der Waals surface area contributed by atoms with Crippen LogP contribution in [-0.4, -0.2) is 0 Å². The number of nitrogens with zero attached hydrogens (tertiary/aromatic N) is 1. The van der Waals surface area contributed by atoms with Gasteiger partial charge in [-0.25, -0.2) is 0 Å². The standard InChI is InChI=1S/C51H35NS/c1-51(2)46-17-9-7-15-40(46)41-27-24-36(30-47(41)51)52(37-25-28-43-42-16-8-10-18-48(42)53-49(43)31-37)35-22-19-33(20-23-35)45-29-34-12-4-5-13-38(34)44-26-21-32-11-3-6-14-39(32)50(44)45/h3-31H,1-2H3. The Kier molecular flexibility index (Phi) is 6.53. The van der Waals surface area contributed by atoms with Gasteiger partial charge in [0.15, 0.2) is 0 Å². The van der Waals surface area contributed by atoms with Crippen molar-refractivity contribution in [3.05, 3.63) is 187 Å². The summed E-state index contributed by atoms with van der Waals surface area (Å²) in [4.78, 5) is 2.45. The predicted octanol–water partition coefficient (Wildman–Crippen LogP) is 15.0. The van der Waals surface area contributed by atoms with Crippen molar-refractivity contribution in [2.24, 2.45) is 0 Å². The second-order valence-electron chi connectivity index (χ2n) is 14.9. The fourth-order valence-electron chi connectivity index (χ4n) is 9.03. The minimum atomic E-state index is -0.0905. The normalized spacial score (nSPS) is 13.2. The minimum Gasteiger partial charge on any atom is -0.310 e. The van der Waals surface area contributed by atoms with Gasteiger partial charge >= 0.3 is 0 Å². The summed E-state index contributed by atoms with van der Waals surface area (Å²) in [5, 5.41) is 10.3. The maximum Gasteiger partial charge on any atom is 0.0476 e. The monoisotopic (exact) mass is 693 g/mol. The molecule has 10 aromatic rings. The molecule has 53 heavy (non-hydrogen) atoms. The summed E-state index contributed by atoms with van der Waals surface area (Å²) in [5.74, 6) is 0. The summed E-state index contributed by atoms with van der Waals surface area (Å²) in [5.41, 5.74) is 11.3. The van der Waals surface area contributed by atoms with Crippen LogP contribution in [0.15, 0.2) is 176 Å². The van der Waals surface area contributed by atoms with Crippen molar-refractivity contribution in [2.45, 2.75) is 19.3 Å². The molecule has 0 fully saturated rings. The molecular weight excluding hydrogens is 659 g/mol. The Balaban J connectivity index is 1.10. The Hall–Kier alpha value is -6.22. The molecule has 9 aromatic carbocycles. The van der Waals surface area contributed by atoms with Crippen molar-refractivity contribution >= 4 is 80.9 Å². The Morgan fingerprint density at radius 2 is 1.02 bits per heavy atom. The number of fused-ring (bicyclic) bond motifs is 11. The van der Waals surface area contributed by atoms with Crippen LogP contribution in [0.5, 0.6) is 0 Å². The van der Waals surface area contributed by atoms with Crippen LogP contribution < -0.4 is 4.90 Å². The van der Waals surface area contributed by atoms with Crippen molar-refractivity contribution < 1.29 is 0 Å². The molecule has 11 rings (SSSR count). The molecular formula is C51H35NS. The number of hydrogen-bond acceptors (Lipinski definition) is 2. The van der Waals surface area contributed by atoms with Gasteiger partial charge < -0.3 is 4.90 Å². The van der Waals surface area contributed by atoms with Gasteiger partial charge in [0, 0.05) is 42.6 Å². The van der Waals surface area contributed by atoms with E-state index in [1.165, 1.54) is 91.6 Å². The van der Waals surface area contributed by atoms with Gasteiger partial charge in [-0.15, -0.1) is 11.3 Å². The molecule has 0 amide bonds. The summed E-state index contributed by atoms with van der Waals surface area (Å²) >= 11 is 1.87. The Labute approximate surface area is 313 Å². The van der Waals surface area contributed by atoms with E-state index in [2.05, 4.69) is 195 Å². The van der Waals surface area contributed by atoms with E-state index in [0.717, 1.165) is 11.4 Å². The lowest BCUT2D eigenvalue weighted by Crippen LogP contribution is -2.16. The molecule has 0 saturated heterocycles. The molecule has 0 radical (unpaired) electrons. The lowest BCUT2D eigenvalue weighted by Gasteiger charge is -2.28. The summed E-state index contributed by atoms with van der Waals surface area (Å²) in [6, 6.07) is 65.5. The summed E-state index contributed by atoms with van der Waals surface area (Å²) in [6.45, 7) is 4.73. The quantitative estimate of drug-likeness (QED) is 0.166. The van der Waals surface area contributed by atoms with Crippen molar-refractivity contribution in [1.29, 1.82) is 0 Å². The predicted molar refractivity (Wildman–Crippen MR) is 230 cm³/mol. The lowest BCUT2D eigenvalue weighted by molar-refractivity contribution is 0.660. The highest BCUT2D eigenvalue weighted by molar-refractivity contribution is 7.25. The maximum absolute atomic E-state index is 2.45. The molecule has 0 aliphatic heterocycles. The Morgan fingerprint density at radius 3 is 1.89 bits per heavy atom. The van der Waals surface area contributed by atoms with Crippen molar-refractivity contribution in [3.8, 4) is 22.3 Å². The second kappa shape index (κ2) is 11.4. The van der Waals surface area contributed by atoms with E-state index in [-0.39, 0.29) is 5.41 Å². The van der Waals surface area contributed by atoms with Gasteiger partial charge in [-0.1, -0.05) is 141 Å². The van der Waals surface area contributed by atoms with Gasteiger partial charge in [0.1, 0.15) is 0 Å². The zero-order valence-corrected chi connectivity index (χ0v) is 30.4. The van der Waals surface area contributed by atoms with Crippen LogP contribution in [0.4, 0.5) is 17.1 Å². The van der Waals surface area contributed by atoms with Crippen LogP contribution in [0.3, 0.4) is 0 Å². The largest absolute Gasteiger partial charge is 0.310 e. The smallest absolute Gasteiger partial charge is 0.0476 e. The number of hydrogen-bond donors (Lipinski definition) is 0. The molecule has 1 nitrogen and oxygen atoms in total. The van der Waals surface area contributed by atoms with Crippen LogP contribution in [0.2, 0.25) is 0 Å². The molecule has 0 atom stereocenters. The molecule has 1 aliphatic carbocycles. The number of anilines is 3. The molecule has 0 bridgehead atoms. The molecule has 250 valence electrons. The number of rotatable bonds is 4. The van der Waals surface area contributed by atoms with Gasteiger partial charge in [-0.05, 0) is 114 Å². The van der Waals surface area contributed by atoms with Gasteiger partial charge in [0.25, 0.3) is 0 Å². The molecule has 0 spiro atoms. The molecule has 0 unspecified atom stereocenters. The molecule has 0 saturated carbocycles. The molecule has 1 heterocycles. The maximum atomic E-state index is 2.45. The van der Waals surface area contributed by atoms with Gasteiger partial charge in [0.2, 0.25) is 0 Å². The number of thiophene rings is 1. The Bertz CT molecular complexity index is 3090. The summed E-state index contributed by atoms with van der Waals surface area (Å²) in [6.07, 6.45) is 0. The average Bonchev–Trinajstić information content (AvgIpc) is 3.69. The van der Waals surface area contributed by atoms with E-state index in [1.807, 2.05) is 11.3 Å². The van der Waals surface area contributed by atoms with E-state index in [4.69, 9.17) is 0 Å². The van der Waals surface area contributed by atoms with Crippen LogP contribution in [-0.2, 0) is 5.41 Å². The van der Waals surface area contributed by atoms with Gasteiger partial charge in [0.05, 0.1) is 0 Å². The number of benzene rings is 9. The zero-order valence-electron chi connectivity index (χ0n) is 29.6. The third-order valence-corrected chi connectivity index (χ3v) is 12.8. The minimum absolute atomic E-state index is 0.0905. The first-order valence-electron chi connectivity index (χ1n) is 18.4. The fourth-order valence-corrected chi connectivity index (χ4v) is 10.2. The second-order valence-corrected chi connectivity index (χ2v) is 16.0. The Morgan fingerprint density at radius 1 is 0.396 bits per heavy atom. The molecule has 1 aliphatic rings. The van der Waals surface area contributed by atoms with Crippen molar-refractivity contribution in [1.82, 2.24) is 0 Å². The molecule has 0 N–H and O–H groups in total. The van der Waals surface area contributed by atoms with Crippen LogP contribution in [0.1, 0.15) is 25.0 Å². The van der Waals surface area contributed by atoms with Crippen LogP contribution in [0, 0.1) is 0 Å². The van der Waals surface area contributed by atoms with Crippen molar-refractivity contribution in [3.63, 3.8) is 0 Å². The van der Waals surface area contributed by atoms with Gasteiger partial charge in [-0.2, -0.15) is 0 Å². The summed E-state index contributed by atoms with van der Waals surface area (Å²) in [7, 11) is 0. The van der Waals surface area contributed by atoms with E-state index < -0.39 is 0 Å². The molecule has 1 aromatic heterocycles. The zero-order chi connectivity index (χ0) is 35.3. The molecule has 2 heteroatoms.